The molecule has 0 aliphatic heterocycles. The smallest absolute Gasteiger partial charge is 0.351 e. The van der Waals surface area contributed by atoms with Gasteiger partial charge < -0.3 is 10.1 Å². The van der Waals surface area contributed by atoms with E-state index in [-0.39, 0.29) is 6.10 Å². The first-order chi connectivity index (χ1) is 12.2. The van der Waals surface area contributed by atoms with E-state index in [9.17, 15) is 4.79 Å². The van der Waals surface area contributed by atoms with Crippen LogP contribution in [0.1, 0.15) is 29.9 Å². The fraction of sp³-hybridized carbons (Fsp3) is 0.250. The van der Waals surface area contributed by atoms with Crippen molar-refractivity contribution < 1.29 is 9.53 Å². The van der Waals surface area contributed by atoms with Gasteiger partial charge in [-0.15, -0.1) is 0 Å². The van der Waals surface area contributed by atoms with E-state index in [1.165, 1.54) is 0 Å². The van der Waals surface area contributed by atoms with E-state index < -0.39 is 5.97 Å². The molecule has 0 amide bonds. The first-order valence-corrected chi connectivity index (χ1v) is 8.52. The van der Waals surface area contributed by atoms with Crippen LogP contribution in [0.25, 0.3) is 11.5 Å². The largest absolute Gasteiger partial charge is 0.458 e. The zero-order valence-corrected chi connectivity index (χ0v) is 14.5. The maximum Gasteiger partial charge on any atom is 0.351 e. The topological polar surface area (TPSA) is 103 Å². The van der Waals surface area contributed by atoms with Crippen molar-refractivity contribution in [3.05, 3.63) is 41.8 Å². The molecule has 0 saturated carbocycles. The van der Waals surface area contributed by atoms with Gasteiger partial charge in [0.05, 0.1) is 6.10 Å². The van der Waals surface area contributed by atoms with Gasteiger partial charge in [0.15, 0.2) is 11.0 Å². The number of carbonyl (C=O) groups excluding carboxylic acids is 1. The number of anilines is 2. The second-order valence-corrected chi connectivity index (χ2v) is 6.09. The zero-order chi connectivity index (χ0) is 17.6. The van der Waals surface area contributed by atoms with E-state index >= 15 is 0 Å². The molecule has 8 nitrogen and oxygen atoms in total. The first kappa shape index (κ1) is 16.9. The van der Waals surface area contributed by atoms with Gasteiger partial charge in [-0.2, -0.15) is 0 Å². The Morgan fingerprint density at radius 2 is 1.80 bits per heavy atom. The number of ether oxygens (including phenoxy) is 1. The van der Waals surface area contributed by atoms with Crippen molar-refractivity contribution in [1.29, 1.82) is 0 Å². The number of esters is 1. The summed E-state index contributed by atoms with van der Waals surface area (Å²) in [6.07, 6.45) is 6.96. The summed E-state index contributed by atoms with van der Waals surface area (Å²) in [6, 6.07) is 3.41. The Hall–Kier alpha value is -2.94. The summed E-state index contributed by atoms with van der Waals surface area (Å²) in [5.41, 5.74) is 0.373. The normalized spacial score (nSPS) is 11.8. The lowest BCUT2D eigenvalue weighted by Crippen LogP contribution is -2.13. The Labute approximate surface area is 148 Å². The lowest BCUT2D eigenvalue weighted by molar-refractivity contribution is 0.0341. The molecule has 0 bridgehead atoms. The molecule has 0 saturated heterocycles. The van der Waals surface area contributed by atoms with Crippen molar-refractivity contribution in [3.63, 3.8) is 0 Å². The molecule has 0 spiro atoms. The minimum atomic E-state index is -0.448. The molecule has 0 aliphatic carbocycles. The summed E-state index contributed by atoms with van der Waals surface area (Å²) in [4.78, 5) is 33.8. The van der Waals surface area contributed by atoms with Crippen molar-refractivity contribution in [2.24, 2.45) is 0 Å². The Balaban J connectivity index is 1.95. The van der Waals surface area contributed by atoms with E-state index in [0.717, 1.165) is 17.8 Å². The van der Waals surface area contributed by atoms with Crippen LogP contribution in [0.2, 0.25) is 0 Å². The fourth-order valence-electron chi connectivity index (χ4n) is 1.86. The van der Waals surface area contributed by atoms with Gasteiger partial charge in [0.1, 0.15) is 10.6 Å². The van der Waals surface area contributed by atoms with Crippen LogP contribution in [0, 0.1) is 0 Å². The first-order valence-electron chi connectivity index (χ1n) is 7.70. The second-order valence-electron chi connectivity index (χ2n) is 5.09. The van der Waals surface area contributed by atoms with Crippen LogP contribution in [0.3, 0.4) is 0 Å². The predicted octanol–water partition coefficient (Wildman–Crippen LogP) is 3.09. The van der Waals surface area contributed by atoms with E-state index in [0.29, 0.717) is 27.5 Å². The summed E-state index contributed by atoms with van der Waals surface area (Å²) in [5, 5.41) is 3.44. The Morgan fingerprint density at radius 3 is 2.44 bits per heavy atom. The molecule has 3 heterocycles. The van der Waals surface area contributed by atoms with Crippen LogP contribution in [0.5, 0.6) is 0 Å². The molecule has 3 rings (SSSR count). The highest BCUT2D eigenvalue weighted by atomic mass is 32.1. The van der Waals surface area contributed by atoms with Crippen LogP contribution < -0.4 is 5.32 Å². The van der Waals surface area contributed by atoms with Crippen molar-refractivity contribution in [2.75, 3.05) is 5.32 Å². The number of thiazole rings is 1. The number of aromatic nitrogens is 5. The van der Waals surface area contributed by atoms with Gasteiger partial charge in [0, 0.05) is 24.8 Å². The summed E-state index contributed by atoms with van der Waals surface area (Å²) in [6.45, 7) is 3.79. The molecule has 3 aromatic heterocycles. The zero-order valence-electron chi connectivity index (χ0n) is 13.7. The molecule has 1 N–H and O–H groups in total. The van der Waals surface area contributed by atoms with Crippen LogP contribution in [0.4, 0.5) is 11.1 Å². The van der Waals surface area contributed by atoms with E-state index in [2.05, 4.69) is 30.2 Å². The number of hydrogen-bond donors (Lipinski definition) is 1. The van der Waals surface area contributed by atoms with E-state index in [1.54, 1.807) is 36.9 Å². The average Bonchev–Trinajstić information content (AvgIpc) is 3.07. The van der Waals surface area contributed by atoms with Gasteiger partial charge in [-0.3, -0.25) is 0 Å². The number of hydrogen-bond acceptors (Lipinski definition) is 9. The maximum absolute atomic E-state index is 12.5. The third-order valence-corrected chi connectivity index (χ3v) is 4.21. The SMILES string of the molecule is CCC(C)OC(=O)c1sc(Nc2ncccn2)nc1-c1ncccn1. The summed E-state index contributed by atoms with van der Waals surface area (Å²) in [5.74, 6) is 0.298. The molecule has 0 fully saturated rings. The van der Waals surface area contributed by atoms with Crippen LogP contribution >= 0.6 is 11.3 Å². The fourth-order valence-corrected chi connectivity index (χ4v) is 2.70. The second kappa shape index (κ2) is 7.75. The van der Waals surface area contributed by atoms with Gasteiger partial charge in [0.25, 0.3) is 0 Å². The lowest BCUT2D eigenvalue weighted by Gasteiger charge is -2.09. The van der Waals surface area contributed by atoms with Crippen molar-refractivity contribution in [2.45, 2.75) is 26.4 Å². The monoisotopic (exact) mass is 356 g/mol. The highest BCUT2D eigenvalue weighted by molar-refractivity contribution is 7.18. The van der Waals surface area contributed by atoms with Crippen LogP contribution in [0.15, 0.2) is 36.9 Å². The Bertz CT molecular complexity index is 840. The Morgan fingerprint density at radius 1 is 1.16 bits per heavy atom. The molecule has 9 heteroatoms. The molecule has 25 heavy (non-hydrogen) atoms. The molecule has 0 aromatic carbocycles. The molecule has 3 aromatic rings. The Kier molecular flexibility index (Phi) is 5.24. The van der Waals surface area contributed by atoms with Crippen molar-refractivity contribution >= 4 is 28.4 Å². The average molecular weight is 356 g/mol. The summed E-state index contributed by atoms with van der Waals surface area (Å²) in [7, 11) is 0. The quantitative estimate of drug-likeness (QED) is 0.672. The number of rotatable bonds is 6. The van der Waals surface area contributed by atoms with E-state index in [4.69, 9.17) is 4.74 Å². The van der Waals surface area contributed by atoms with Gasteiger partial charge >= 0.3 is 5.97 Å². The van der Waals surface area contributed by atoms with Crippen LogP contribution in [-0.2, 0) is 4.74 Å². The van der Waals surface area contributed by atoms with Crippen LogP contribution in [-0.4, -0.2) is 37.0 Å². The standard InChI is InChI=1S/C16H16N6O2S/c1-3-10(2)24-14(23)12-11(13-17-6-4-7-18-13)21-16(25-12)22-15-19-8-5-9-20-15/h4-10H,3H2,1-2H3,(H,19,20,21,22). The molecule has 1 unspecified atom stereocenters. The van der Waals surface area contributed by atoms with Gasteiger partial charge in [-0.25, -0.2) is 29.7 Å². The number of nitrogens with one attached hydrogen (secondary N) is 1. The van der Waals surface area contributed by atoms with Gasteiger partial charge in [-0.05, 0) is 25.5 Å². The molecule has 0 aliphatic rings. The molecular weight excluding hydrogens is 340 g/mol. The number of nitrogens with zero attached hydrogens (tertiary/aromatic N) is 5. The molecule has 1 atom stereocenters. The maximum atomic E-state index is 12.5. The molecule has 128 valence electrons. The van der Waals surface area contributed by atoms with Gasteiger partial charge in [0.2, 0.25) is 5.95 Å². The highest BCUT2D eigenvalue weighted by Crippen LogP contribution is 2.31. The summed E-state index contributed by atoms with van der Waals surface area (Å²) < 4.78 is 5.43. The molecule has 0 radical (unpaired) electrons. The third-order valence-electron chi connectivity index (χ3n) is 3.26. The summed E-state index contributed by atoms with van der Waals surface area (Å²) >= 11 is 1.15. The van der Waals surface area contributed by atoms with Crippen molar-refractivity contribution in [3.8, 4) is 11.5 Å². The van der Waals surface area contributed by atoms with E-state index in [1.807, 2.05) is 13.8 Å². The van der Waals surface area contributed by atoms with Gasteiger partial charge in [-0.1, -0.05) is 18.3 Å². The minimum absolute atomic E-state index is 0.187. The number of carbonyl (C=O) groups is 1. The predicted molar refractivity (Wildman–Crippen MR) is 93.6 cm³/mol. The van der Waals surface area contributed by atoms with Crippen molar-refractivity contribution in [1.82, 2.24) is 24.9 Å². The minimum Gasteiger partial charge on any atom is -0.458 e. The highest BCUT2D eigenvalue weighted by Gasteiger charge is 2.24. The lowest BCUT2D eigenvalue weighted by atomic mass is 10.3. The third kappa shape index (κ3) is 4.13. The molecular formula is C16H16N6O2S.